The number of rotatable bonds is 7. The van der Waals surface area contributed by atoms with E-state index in [9.17, 15) is 14.4 Å². The Kier molecular flexibility index (Phi) is 6.52. The minimum Gasteiger partial charge on any atom is -0.457 e. The molecule has 5 nitrogen and oxygen atoms in total. The van der Waals surface area contributed by atoms with E-state index < -0.39 is 0 Å². The molecule has 146 valence electrons. The van der Waals surface area contributed by atoms with Crippen LogP contribution >= 0.6 is 11.8 Å². The lowest BCUT2D eigenvalue weighted by molar-refractivity contribution is -0.142. The van der Waals surface area contributed by atoms with Crippen LogP contribution in [-0.4, -0.2) is 30.0 Å². The fraction of sp³-hybridized carbons (Fsp3) is 0.318. The topological polar surface area (TPSA) is 72.5 Å². The van der Waals surface area contributed by atoms with Crippen molar-refractivity contribution in [2.45, 2.75) is 38.0 Å². The molecule has 3 rings (SSSR count). The molecule has 1 aliphatic rings. The maximum Gasteiger partial charge on any atom is 0.307 e. The number of Topliss-reactive ketones (excluding diaryl/α,β-unsaturated/α-hetero) is 1. The number of carbonyl (C=O) groups is 3. The largest absolute Gasteiger partial charge is 0.457 e. The lowest BCUT2D eigenvalue weighted by Gasteiger charge is -2.17. The van der Waals surface area contributed by atoms with Crippen molar-refractivity contribution >= 4 is 35.1 Å². The van der Waals surface area contributed by atoms with E-state index in [4.69, 9.17) is 4.74 Å². The first-order valence-corrected chi connectivity index (χ1v) is 10.2. The standard InChI is InChI=1S/C22H23NO4S/c1-14-3-6-18(11-15(14)2)28-10-9-22(26)27-13-20(24)17-4-7-19-16(12-17)5-8-21(25)23-19/h3-4,6-7,11-12H,5,8-10,13H2,1-2H3,(H,23,25). The number of nitrogens with one attached hydrogen (secondary N) is 1. The van der Waals surface area contributed by atoms with Gasteiger partial charge in [0.15, 0.2) is 12.4 Å². The van der Waals surface area contributed by atoms with Gasteiger partial charge < -0.3 is 10.1 Å². The normalized spacial score (nSPS) is 12.9. The third-order valence-corrected chi connectivity index (χ3v) is 5.74. The van der Waals surface area contributed by atoms with Crippen LogP contribution in [0.3, 0.4) is 0 Å². The Morgan fingerprint density at radius 3 is 2.68 bits per heavy atom. The van der Waals surface area contributed by atoms with E-state index in [2.05, 4.69) is 31.3 Å². The summed E-state index contributed by atoms with van der Waals surface area (Å²) in [6, 6.07) is 11.4. The van der Waals surface area contributed by atoms with Crippen LogP contribution in [0.25, 0.3) is 0 Å². The van der Waals surface area contributed by atoms with Crippen LogP contribution in [0.15, 0.2) is 41.3 Å². The van der Waals surface area contributed by atoms with Gasteiger partial charge in [-0.05, 0) is 67.3 Å². The predicted molar refractivity (Wildman–Crippen MR) is 110 cm³/mol. The van der Waals surface area contributed by atoms with Gasteiger partial charge in [0, 0.05) is 28.3 Å². The van der Waals surface area contributed by atoms with Gasteiger partial charge in [0.2, 0.25) is 5.91 Å². The van der Waals surface area contributed by atoms with Crippen molar-refractivity contribution < 1.29 is 19.1 Å². The average Bonchev–Trinajstić information content (AvgIpc) is 2.68. The molecular formula is C22H23NO4S. The number of aryl methyl sites for hydroxylation is 3. The maximum absolute atomic E-state index is 12.3. The predicted octanol–water partition coefficient (Wildman–Crippen LogP) is 4.10. The highest BCUT2D eigenvalue weighted by Gasteiger charge is 2.17. The Morgan fingerprint density at radius 2 is 1.89 bits per heavy atom. The minimum absolute atomic E-state index is 0.0147. The van der Waals surface area contributed by atoms with E-state index in [1.54, 1.807) is 30.0 Å². The molecule has 0 fully saturated rings. The van der Waals surface area contributed by atoms with E-state index in [0.29, 0.717) is 24.2 Å². The molecule has 0 unspecified atom stereocenters. The Bertz CT molecular complexity index is 923. The number of benzene rings is 2. The minimum atomic E-state index is -0.380. The summed E-state index contributed by atoms with van der Waals surface area (Å²) in [5.41, 5.74) is 4.64. The molecule has 1 N–H and O–H groups in total. The Labute approximate surface area is 168 Å². The zero-order valence-electron chi connectivity index (χ0n) is 16.0. The summed E-state index contributed by atoms with van der Waals surface area (Å²) in [7, 11) is 0. The zero-order valence-corrected chi connectivity index (χ0v) is 16.9. The SMILES string of the molecule is Cc1ccc(SCCC(=O)OCC(=O)c2ccc3c(c2)CCC(=O)N3)cc1C. The highest BCUT2D eigenvalue weighted by atomic mass is 32.2. The number of ketones is 1. The third kappa shape index (κ3) is 5.23. The highest BCUT2D eigenvalue weighted by molar-refractivity contribution is 7.99. The first kappa shape index (κ1) is 20.1. The second kappa shape index (κ2) is 9.06. The van der Waals surface area contributed by atoms with Crippen LogP contribution in [-0.2, 0) is 20.7 Å². The fourth-order valence-corrected chi connectivity index (χ4v) is 3.84. The van der Waals surface area contributed by atoms with Gasteiger partial charge in [0.05, 0.1) is 6.42 Å². The molecule has 0 aromatic heterocycles. The number of hydrogen-bond donors (Lipinski definition) is 1. The second-order valence-electron chi connectivity index (χ2n) is 6.85. The molecule has 0 bridgehead atoms. The van der Waals surface area contributed by atoms with Gasteiger partial charge in [-0.3, -0.25) is 14.4 Å². The molecule has 6 heteroatoms. The monoisotopic (exact) mass is 397 g/mol. The molecule has 0 aliphatic carbocycles. The van der Waals surface area contributed by atoms with Crippen LogP contribution in [0.5, 0.6) is 0 Å². The highest BCUT2D eigenvalue weighted by Crippen LogP contribution is 2.24. The summed E-state index contributed by atoms with van der Waals surface area (Å²) in [6.07, 6.45) is 1.27. The molecule has 0 saturated heterocycles. The van der Waals surface area contributed by atoms with Crippen LogP contribution < -0.4 is 5.32 Å². The maximum atomic E-state index is 12.3. The second-order valence-corrected chi connectivity index (χ2v) is 8.02. The first-order chi connectivity index (χ1) is 13.4. The fourth-order valence-electron chi connectivity index (χ4n) is 2.91. The summed E-state index contributed by atoms with van der Waals surface area (Å²) in [6.45, 7) is 3.86. The molecule has 0 spiro atoms. The van der Waals surface area contributed by atoms with Gasteiger partial charge in [-0.2, -0.15) is 0 Å². The van der Waals surface area contributed by atoms with E-state index >= 15 is 0 Å². The van der Waals surface area contributed by atoms with Crippen molar-refractivity contribution in [1.29, 1.82) is 0 Å². The molecule has 28 heavy (non-hydrogen) atoms. The molecule has 0 radical (unpaired) electrons. The third-order valence-electron chi connectivity index (χ3n) is 4.74. The van der Waals surface area contributed by atoms with E-state index in [-0.39, 0.29) is 30.7 Å². The molecular weight excluding hydrogens is 374 g/mol. The van der Waals surface area contributed by atoms with E-state index in [0.717, 1.165) is 16.1 Å². The first-order valence-electron chi connectivity index (χ1n) is 9.24. The number of carbonyl (C=O) groups excluding carboxylic acids is 3. The number of hydrogen-bond acceptors (Lipinski definition) is 5. The number of fused-ring (bicyclic) bond motifs is 1. The molecule has 1 aliphatic heterocycles. The average molecular weight is 397 g/mol. The molecule has 2 aromatic carbocycles. The van der Waals surface area contributed by atoms with Crippen molar-refractivity contribution in [3.63, 3.8) is 0 Å². The van der Waals surface area contributed by atoms with Crippen molar-refractivity contribution in [2.24, 2.45) is 0 Å². The molecule has 2 aromatic rings. The Morgan fingerprint density at radius 1 is 1.07 bits per heavy atom. The smallest absolute Gasteiger partial charge is 0.307 e. The molecule has 0 saturated carbocycles. The van der Waals surface area contributed by atoms with Gasteiger partial charge in [-0.15, -0.1) is 11.8 Å². The van der Waals surface area contributed by atoms with E-state index in [1.165, 1.54) is 11.1 Å². The van der Waals surface area contributed by atoms with Crippen molar-refractivity contribution in [1.82, 2.24) is 0 Å². The quantitative estimate of drug-likeness (QED) is 0.433. The van der Waals surface area contributed by atoms with Gasteiger partial charge in [0.1, 0.15) is 0 Å². The Balaban J connectivity index is 1.44. The van der Waals surface area contributed by atoms with Crippen molar-refractivity contribution in [3.05, 3.63) is 58.7 Å². The van der Waals surface area contributed by atoms with Crippen LogP contribution in [0, 0.1) is 13.8 Å². The van der Waals surface area contributed by atoms with Crippen LogP contribution in [0.1, 0.15) is 39.9 Å². The summed E-state index contributed by atoms with van der Waals surface area (Å²) in [4.78, 5) is 36.7. The van der Waals surface area contributed by atoms with Gasteiger partial charge in [-0.25, -0.2) is 0 Å². The van der Waals surface area contributed by atoms with Crippen molar-refractivity contribution in [3.8, 4) is 0 Å². The summed E-state index contributed by atoms with van der Waals surface area (Å²) >= 11 is 1.60. The lowest BCUT2D eigenvalue weighted by Crippen LogP contribution is -2.20. The molecule has 1 amide bonds. The van der Waals surface area contributed by atoms with Gasteiger partial charge in [0.25, 0.3) is 0 Å². The number of thioether (sulfide) groups is 1. The molecule has 0 atom stereocenters. The number of ether oxygens (including phenoxy) is 1. The molecule has 1 heterocycles. The lowest BCUT2D eigenvalue weighted by atomic mass is 9.99. The Hall–Kier alpha value is -2.60. The summed E-state index contributed by atoms with van der Waals surface area (Å²) in [5, 5.41) is 2.78. The number of anilines is 1. The summed E-state index contributed by atoms with van der Waals surface area (Å²) < 4.78 is 5.13. The van der Waals surface area contributed by atoms with Crippen LogP contribution in [0.2, 0.25) is 0 Å². The number of esters is 1. The van der Waals surface area contributed by atoms with Gasteiger partial charge in [-0.1, -0.05) is 6.07 Å². The van der Waals surface area contributed by atoms with Crippen molar-refractivity contribution in [2.75, 3.05) is 17.7 Å². The van der Waals surface area contributed by atoms with Gasteiger partial charge >= 0.3 is 5.97 Å². The van der Waals surface area contributed by atoms with E-state index in [1.807, 2.05) is 6.07 Å². The zero-order chi connectivity index (χ0) is 20.1. The summed E-state index contributed by atoms with van der Waals surface area (Å²) in [5.74, 6) is -0.0300. The number of amides is 1. The van der Waals surface area contributed by atoms with Crippen LogP contribution in [0.4, 0.5) is 5.69 Å².